The fourth-order valence-electron chi connectivity index (χ4n) is 1.22. The highest BCUT2D eigenvalue weighted by molar-refractivity contribution is 7.46. The normalized spacial score (nSPS) is 13.2. The molecule has 0 aromatic heterocycles. The third-order valence-electron chi connectivity index (χ3n) is 1.99. The van der Waals surface area contributed by atoms with E-state index in [4.69, 9.17) is 24.7 Å². The summed E-state index contributed by atoms with van der Waals surface area (Å²) in [6, 6.07) is 3.13. The zero-order chi connectivity index (χ0) is 16.3. The van der Waals surface area contributed by atoms with Gasteiger partial charge in [-0.1, -0.05) is 0 Å². The summed E-state index contributed by atoms with van der Waals surface area (Å²) in [5.74, 6) is -1.54. The lowest BCUT2D eigenvalue weighted by atomic mass is 10.1. The molecule has 12 heteroatoms. The van der Waals surface area contributed by atoms with Crippen molar-refractivity contribution in [2.75, 3.05) is 6.61 Å². The van der Waals surface area contributed by atoms with Crippen molar-refractivity contribution in [1.29, 1.82) is 0 Å². The maximum absolute atomic E-state index is 10.9. The van der Waals surface area contributed by atoms with E-state index >= 15 is 0 Å². The van der Waals surface area contributed by atoms with Crippen LogP contribution in [0.25, 0.3) is 5.76 Å². The molecule has 0 unspecified atom stereocenters. The maximum atomic E-state index is 10.9. The molecule has 0 spiro atoms. The topological polar surface area (TPSA) is 174 Å². The maximum Gasteiger partial charge on any atom is 0.524 e. The number of benzene rings is 1. The largest absolute Gasteiger partial charge is 0.524 e. The van der Waals surface area contributed by atoms with Crippen LogP contribution in [0.3, 0.4) is 0 Å². The molecule has 1 aromatic rings. The molecule has 0 saturated carbocycles. The molecule has 0 aliphatic rings. The molecule has 0 atom stereocenters. The van der Waals surface area contributed by atoms with Crippen molar-refractivity contribution in [3.05, 3.63) is 29.8 Å². The second-order valence-corrected chi connectivity index (χ2v) is 6.04. The molecule has 118 valence electrons. The van der Waals surface area contributed by atoms with Crippen LogP contribution in [0.4, 0.5) is 0 Å². The summed E-state index contributed by atoms with van der Waals surface area (Å²) in [4.78, 5) is 34.6. The number of phosphoric acid groups is 2. The van der Waals surface area contributed by atoms with Crippen LogP contribution in [-0.2, 0) is 18.2 Å². The van der Waals surface area contributed by atoms with Crippen molar-refractivity contribution in [3.8, 4) is 11.5 Å². The van der Waals surface area contributed by atoms with Gasteiger partial charge >= 0.3 is 15.6 Å². The number of hydrogen-bond donors (Lipinski definition) is 6. The minimum atomic E-state index is -4.96. The fourth-order valence-corrected chi connectivity index (χ4v) is 1.93. The molecule has 0 bridgehead atoms. The highest BCUT2D eigenvalue weighted by Crippen LogP contribution is 2.43. The molecule has 1 rings (SSSR count). The van der Waals surface area contributed by atoms with Crippen LogP contribution in [0, 0.1) is 0 Å². The van der Waals surface area contributed by atoms with Crippen molar-refractivity contribution < 1.29 is 48.0 Å². The van der Waals surface area contributed by atoms with Gasteiger partial charge in [0.25, 0.3) is 0 Å². The Morgan fingerprint density at radius 3 is 2.14 bits per heavy atom. The van der Waals surface area contributed by atoms with Gasteiger partial charge in [0, 0.05) is 5.56 Å². The number of hydrogen-bond acceptors (Lipinski definition) is 6. The van der Waals surface area contributed by atoms with Crippen LogP contribution in [-0.4, -0.2) is 36.4 Å². The van der Waals surface area contributed by atoms with E-state index in [9.17, 15) is 14.2 Å². The van der Waals surface area contributed by atoms with Gasteiger partial charge in [0.2, 0.25) is 0 Å². The molecular weight excluding hydrogens is 330 g/mol. The minimum Gasteiger partial charge on any atom is -0.504 e. The molecule has 0 heterocycles. The van der Waals surface area contributed by atoms with E-state index in [-0.39, 0.29) is 5.56 Å². The van der Waals surface area contributed by atoms with Crippen LogP contribution >= 0.6 is 15.6 Å². The SMILES string of the molecule is O=P(O)(O)OC/C=C(/OP(=O)(O)O)c1ccc(O)c(O)c1. The first kappa shape index (κ1) is 17.7. The van der Waals surface area contributed by atoms with E-state index in [0.29, 0.717) is 0 Å². The number of phenolic OH excluding ortho intramolecular Hbond substituents is 2. The molecule has 0 fully saturated rings. The number of phosphoric ester groups is 2. The molecule has 10 nitrogen and oxygen atoms in total. The zero-order valence-corrected chi connectivity index (χ0v) is 12.0. The van der Waals surface area contributed by atoms with Gasteiger partial charge in [-0.3, -0.25) is 14.3 Å². The van der Waals surface area contributed by atoms with Gasteiger partial charge < -0.3 is 24.5 Å². The molecule has 0 saturated heterocycles. The lowest BCUT2D eigenvalue weighted by molar-refractivity contribution is 0.215. The van der Waals surface area contributed by atoms with Crippen LogP contribution in [0.2, 0.25) is 0 Å². The van der Waals surface area contributed by atoms with Crippen LogP contribution in [0.5, 0.6) is 11.5 Å². The predicted molar refractivity (Wildman–Crippen MR) is 68.9 cm³/mol. The van der Waals surface area contributed by atoms with Crippen LogP contribution < -0.4 is 0 Å². The third kappa shape index (κ3) is 6.74. The second-order valence-electron chi connectivity index (χ2n) is 3.64. The Hall–Kier alpha value is -1.38. The molecule has 0 radical (unpaired) electrons. The van der Waals surface area contributed by atoms with E-state index in [1.165, 1.54) is 0 Å². The second kappa shape index (κ2) is 6.59. The van der Waals surface area contributed by atoms with Crippen LogP contribution in [0.1, 0.15) is 5.56 Å². The smallest absolute Gasteiger partial charge is 0.504 e. The van der Waals surface area contributed by atoms with Gasteiger partial charge in [0.15, 0.2) is 11.5 Å². The Bertz CT molecular complexity index is 627. The highest BCUT2D eigenvalue weighted by Gasteiger charge is 2.20. The van der Waals surface area contributed by atoms with Gasteiger partial charge in [0.05, 0.1) is 6.61 Å². The van der Waals surface area contributed by atoms with E-state index in [0.717, 1.165) is 24.3 Å². The number of aromatic hydroxyl groups is 2. The van der Waals surface area contributed by atoms with Crippen molar-refractivity contribution in [3.63, 3.8) is 0 Å². The van der Waals surface area contributed by atoms with Gasteiger partial charge in [-0.2, -0.15) is 0 Å². The van der Waals surface area contributed by atoms with E-state index in [1.807, 2.05) is 0 Å². The van der Waals surface area contributed by atoms with E-state index in [2.05, 4.69) is 9.05 Å². The molecule has 0 aliphatic heterocycles. The van der Waals surface area contributed by atoms with Crippen molar-refractivity contribution in [2.24, 2.45) is 0 Å². The summed E-state index contributed by atoms with van der Waals surface area (Å²) >= 11 is 0. The van der Waals surface area contributed by atoms with Crippen molar-refractivity contribution in [1.82, 2.24) is 0 Å². The molecule has 0 amide bonds. The number of phenols is 2. The van der Waals surface area contributed by atoms with E-state index in [1.54, 1.807) is 0 Å². The molecular formula is C9H12O10P2. The van der Waals surface area contributed by atoms with Gasteiger partial charge in [-0.25, -0.2) is 9.13 Å². The first-order valence-electron chi connectivity index (χ1n) is 5.16. The zero-order valence-electron chi connectivity index (χ0n) is 10.2. The summed E-state index contributed by atoms with van der Waals surface area (Å²) in [7, 11) is -9.72. The van der Waals surface area contributed by atoms with Gasteiger partial charge in [-0.15, -0.1) is 0 Å². The van der Waals surface area contributed by atoms with E-state index < -0.39 is 39.5 Å². The number of rotatable bonds is 6. The Kier molecular flexibility index (Phi) is 5.54. The van der Waals surface area contributed by atoms with Crippen molar-refractivity contribution >= 4 is 21.4 Å². The lowest BCUT2D eigenvalue weighted by Gasteiger charge is -2.12. The molecule has 1 aromatic carbocycles. The van der Waals surface area contributed by atoms with Crippen LogP contribution in [0.15, 0.2) is 24.3 Å². The molecule has 6 N–H and O–H groups in total. The standard InChI is InChI=1S/C9H12O10P2/c10-7-2-1-6(5-8(7)11)9(19-21(15,16)17)3-4-18-20(12,13)14/h1-3,5,10-11H,4H2,(H2,12,13,14)(H2,15,16,17)/b9-3+. The summed E-state index contributed by atoms with van der Waals surface area (Å²) < 4.78 is 29.8. The van der Waals surface area contributed by atoms with Gasteiger partial charge in [0.1, 0.15) is 5.76 Å². The first-order chi connectivity index (χ1) is 9.48. The Morgan fingerprint density at radius 2 is 1.67 bits per heavy atom. The Balaban J connectivity index is 3.07. The highest BCUT2D eigenvalue weighted by atomic mass is 31.2. The average molecular weight is 342 g/mol. The summed E-state index contributed by atoms with van der Waals surface area (Å²) in [5, 5.41) is 18.5. The summed E-state index contributed by atoms with van der Waals surface area (Å²) in [6.45, 7) is -0.707. The Morgan fingerprint density at radius 1 is 1.05 bits per heavy atom. The Labute approximate surface area is 118 Å². The predicted octanol–water partition coefficient (Wildman–Crippen LogP) is 0.657. The molecule has 0 aliphatic carbocycles. The summed E-state index contributed by atoms with van der Waals surface area (Å²) in [6.07, 6.45) is 0.851. The molecule has 21 heavy (non-hydrogen) atoms. The quantitative estimate of drug-likeness (QED) is 0.245. The third-order valence-corrected chi connectivity index (χ3v) is 2.91. The fraction of sp³-hybridized carbons (Fsp3) is 0.111. The average Bonchev–Trinajstić information content (AvgIpc) is 2.28. The minimum absolute atomic E-state index is 0.0528. The first-order valence-corrected chi connectivity index (χ1v) is 8.22. The lowest BCUT2D eigenvalue weighted by Crippen LogP contribution is -1.95. The monoisotopic (exact) mass is 342 g/mol. The summed E-state index contributed by atoms with van der Waals surface area (Å²) in [5.41, 5.74) is -0.0528. The van der Waals surface area contributed by atoms with Crippen molar-refractivity contribution in [2.45, 2.75) is 0 Å². The van der Waals surface area contributed by atoms with Gasteiger partial charge in [-0.05, 0) is 24.3 Å².